The molecule has 0 bridgehead atoms. The highest BCUT2D eigenvalue weighted by molar-refractivity contribution is 7.88. The summed E-state index contributed by atoms with van der Waals surface area (Å²) < 4.78 is 24.6. The van der Waals surface area contributed by atoms with E-state index in [2.05, 4.69) is 25.8 Å². The zero-order valence-corrected chi connectivity index (χ0v) is 17.3. The largest absolute Gasteiger partial charge is 0.348 e. The fraction of sp³-hybridized carbons (Fsp3) is 0.444. The molecule has 1 fully saturated rings. The number of piperidine rings is 1. The number of sulfonamides is 1. The van der Waals surface area contributed by atoms with Crippen molar-refractivity contribution < 1.29 is 18.0 Å². The fourth-order valence-corrected chi connectivity index (χ4v) is 4.24. The maximum atomic E-state index is 12.7. The van der Waals surface area contributed by atoms with E-state index in [1.54, 1.807) is 19.2 Å². The highest BCUT2D eigenvalue weighted by Gasteiger charge is 2.27. The minimum absolute atomic E-state index is 0.0723. The number of carbonyl (C=O) groups excluding carboxylic acids is 2. The Kier molecular flexibility index (Phi) is 5.99. The summed E-state index contributed by atoms with van der Waals surface area (Å²) in [5.74, 6) is -0.802. The zero-order valence-electron chi connectivity index (χ0n) is 16.5. The molecule has 2 amide bonds. The van der Waals surface area contributed by atoms with Crippen LogP contribution in [-0.2, 0) is 10.0 Å². The third kappa shape index (κ3) is 4.80. The lowest BCUT2D eigenvalue weighted by Gasteiger charge is -2.30. The number of rotatable bonds is 5. The van der Waals surface area contributed by atoms with Crippen LogP contribution in [-0.4, -0.2) is 65.1 Å². The first kappa shape index (κ1) is 20.9. The second-order valence-electron chi connectivity index (χ2n) is 7.10. The molecule has 10 nitrogen and oxygen atoms in total. The zero-order chi connectivity index (χ0) is 21.2. The Morgan fingerprint density at radius 2 is 1.90 bits per heavy atom. The van der Waals surface area contributed by atoms with E-state index in [0.29, 0.717) is 37.2 Å². The van der Waals surface area contributed by atoms with Gasteiger partial charge >= 0.3 is 0 Å². The molecule has 3 rings (SSSR count). The van der Waals surface area contributed by atoms with Crippen LogP contribution in [0.4, 0.5) is 5.69 Å². The average molecular weight is 420 g/mol. The summed E-state index contributed by atoms with van der Waals surface area (Å²) in [5, 5.41) is 12.1. The first-order valence-corrected chi connectivity index (χ1v) is 11.0. The molecule has 11 heteroatoms. The summed E-state index contributed by atoms with van der Waals surface area (Å²) in [7, 11) is -3.22. The number of carbonyl (C=O) groups is 2. The topological polar surface area (TPSA) is 137 Å². The van der Waals surface area contributed by atoms with Crippen molar-refractivity contribution in [2.24, 2.45) is 0 Å². The van der Waals surface area contributed by atoms with Crippen LogP contribution < -0.4 is 10.6 Å². The first-order chi connectivity index (χ1) is 13.7. The normalized spacial score (nSPS) is 15.8. The van der Waals surface area contributed by atoms with Gasteiger partial charge in [-0.2, -0.15) is 5.10 Å². The molecule has 0 unspecified atom stereocenters. The van der Waals surface area contributed by atoms with E-state index in [4.69, 9.17) is 0 Å². The van der Waals surface area contributed by atoms with Crippen molar-refractivity contribution in [3.63, 3.8) is 0 Å². The fourth-order valence-electron chi connectivity index (χ4n) is 3.37. The van der Waals surface area contributed by atoms with Gasteiger partial charge in [0.15, 0.2) is 5.69 Å². The van der Waals surface area contributed by atoms with Crippen LogP contribution in [0.3, 0.4) is 0 Å². The monoisotopic (exact) mass is 420 g/mol. The van der Waals surface area contributed by atoms with Crippen LogP contribution in [0.5, 0.6) is 0 Å². The molecule has 156 valence electrons. The maximum Gasteiger partial charge on any atom is 0.274 e. The van der Waals surface area contributed by atoms with E-state index in [1.807, 2.05) is 6.92 Å². The molecule has 1 saturated heterocycles. The number of hydrogen-bond acceptors (Lipinski definition) is 6. The summed E-state index contributed by atoms with van der Waals surface area (Å²) in [6, 6.07) is 1.58. The molecule has 0 aliphatic carbocycles. The van der Waals surface area contributed by atoms with E-state index >= 15 is 0 Å². The van der Waals surface area contributed by atoms with Gasteiger partial charge in [0.2, 0.25) is 10.0 Å². The van der Waals surface area contributed by atoms with Crippen molar-refractivity contribution in [2.45, 2.75) is 32.7 Å². The van der Waals surface area contributed by atoms with Crippen molar-refractivity contribution in [2.75, 3.05) is 24.7 Å². The average Bonchev–Trinajstić information content (AvgIpc) is 3.09. The number of H-pyrrole nitrogens is 1. The molecule has 1 aliphatic heterocycles. The number of aryl methyl sites for hydroxylation is 2. The van der Waals surface area contributed by atoms with Crippen molar-refractivity contribution in [3.05, 3.63) is 41.0 Å². The molecule has 0 aromatic carbocycles. The predicted octanol–water partition coefficient (Wildman–Crippen LogP) is 0.828. The summed E-state index contributed by atoms with van der Waals surface area (Å²) in [5.41, 5.74) is 2.16. The molecular weight excluding hydrogens is 396 g/mol. The second kappa shape index (κ2) is 8.29. The van der Waals surface area contributed by atoms with Gasteiger partial charge in [0, 0.05) is 31.5 Å². The smallest absolute Gasteiger partial charge is 0.274 e. The van der Waals surface area contributed by atoms with Gasteiger partial charge in [-0.15, -0.1) is 0 Å². The van der Waals surface area contributed by atoms with Crippen LogP contribution >= 0.6 is 0 Å². The highest BCUT2D eigenvalue weighted by Crippen LogP contribution is 2.18. The highest BCUT2D eigenvalue weighted by atomic mass is 32.2. The van der Waals surface area contributed by atoms with E-state index < -0.39 is 15.9 Å². The predicted molar refractivity (Wildman–Crippen MR) is 107 cm³/mol. The van der Waals surface area contributed by atoms with E-state index in [0.717, 1.165) is 5.56 Å². The first-order valence-electron chi connectivity index (χ1n) is 9.20. The van der Waals surface area contributed by atoms with Gasteiger partial charge in [-0.25, -0.2) is 12.7 Å². The number of aromatic nitrogens is 3. The minimum atomic E-state index is -3.22. The number of amides is 2. The lowest BCUT2D eigenvalue weighted by atomic mass is 10.1. The van der Waals surface area contributed by atoms with Gasteiger partial charge in [0.1, 0.15) is 0 Å². The quantitative estimate of drug-likeness (QED) is 0.655. The summed E-state index contributed by atoms with van der Waals surface area (Å²) >= 11 is 0. The molecule has 0 saturated carbocycles. The van der Waals surface area contributed by atoms with Crippen LogP contribution in [0.2, 0.25) is 0 Å². The van der Waals surface area contributed by atoms with Crippen LogP contribution in [0.25, 0.3) is 0 Å². The Hall–Kier alpha value is -2.79. The van der Waals surface area contributed by atoms with E-state index in [9.17, 15) is 18.0 Å². The van der Waals surface area contributed by atoms with Gasteiger partial charge in [-0.3, -0.25) is 19.7 Å². The third-order valence-electron chi connectivity index (χ3n) is 4.94. The number of anilines is 1. The van der Waals surface area contributed by atoms with Crippen molar-refractivity contribution in [3.8, 4) is 0 Å². The van der Waals surface area contributed by atoms with Gasteiger partial charge in [0.25, 0.3) is 11.8 Å². The van der Waals surface area contributed by atoms with E-state index in [1.165, 1.54) is 16.8 Å². The number of nitrogens with zero attached hydrogens (tertiary/aromatic N) is 3. The minimum Gasteiger partial charge on any atom is -0.348 e. The molecule has 2 aromatic heterocycles. The molecule has 2 aromatic rings. The van der Waals surface area contributed by atoms with Crippen molar-refractivity contribution in [1.82, 2.24) is 24.8 Å². The Labute approximate surface area is 169 Å². The number of aromatic amines is 1. The van der Waals surface area contributed by atoms with Crippen LogP contribution in [0.1, 0.15) is 44.9 Å². The molecule has 3 N–H and O–H groups in total. The second-order valence-corrected chi connectivity index (χ2v) is 9.08. The Balaban J connectivity index is 1.66. The number of pyridine rings is 1. The molecule has 29 heavy (non-hydrogen) atoms. The lowest BCUT2D eigenvalue weighted by Crippen LogP contribution is -2.46. The molecule has 0 atom stereocenters. The van der Waals surface area contributed by atoms with Gasteiger partial charge < -0.3 is 10.6 Å². The maximum absolute atomic E-state index is 12.7. The van der Waals surface area contributed by atoms with Crippen molar-refractivity contribution >= 4 is 27.5 Å². The summed E-state index contributed by atoms with van der Waals surface area (Å²) in [6.07, 6.45) is 5.28. The summed E-state index contributed by atoms with van der Waals surface area (Å²) in [4.78, 5) is 29.4. The third-order valence-corrected chi connectivity index (χ3v) is 6.24. The van der Waals surface area contributed by atoms with Crippen LogP contribution in [0, 0.1) is 13.8 Å². The SMILES string of the molecule is Cc1ccnc(C)c1C(=O)Nc1c[nH]nc1C(=O)NC1CCN(S(C)(=O)=O)CC1. The summed E-state index contributed by atoms with van der Waals surface area (Å²) in [6.45, 7) is 4.27. The van der Waals surface area contributed by atoms with Gasteiger partial charge in [-0.05, 0) is 38.3 Å². The molecule has 3 heterocycles. The molecular formula is C18H24N6O4S. The Morgan fingerprint density at radius 1 is 1.21 bits per heavy atom. The van der Waals surface area contributed by atoms with Gasteiger partial charge in [-0.1, -0.05) is 0 Å². The van der Waals surface area contributed by atoms with Gasteiger partial charge in [0.05, 0.1) is 23.2 Å². The Morgan fingerprint density at radius 3 is 2.52 bits per heavy atom. The molecule has 0 radical (unpaired) electrons. The molecule has 1 aliphatic rings. The number of nitrogens with one attached hydrogen (secondary N) is 3. The standard InChI is InChI=1S/C18H24N6O4S/c1-11-4-7-19-12(2)15(11)17(25)22-14-10-20-23-16(14)18(26)21-13-5-8-24(9-6-13)29(3,27)28/h4,7,10,13H,5-6,8-9H2,1-3H3,(H,20,23)(H,21,26)(H,22,25). The Bertz CT molecular complexity index is 1000. The lowest BCUT2D eigenvalue weighted by molar-refractivity contribution is 0.0919. The van der Waals surface area contributed by atoms with Crippen molar-refractivity contribution in [1.29, 1.82) is 0 Å². The van der Waals surface area contributed by atoms with Crippen LogP contribution in [0.15, 0.2) is 18.5 Å². The number of hydrogen-bond donors (Lipinski definition) is 3. The molecule has 0 spiro atoms. The van der Waals surface area contributed by atoms with E-state index in [-0.39, 0.29) is 23.3 Å².